The number of nitrogens with zero attached hydrogens (tertiary/aromatic N) is 4. The predicted octanol–water partition coefficient (Wildman–Crippen LogP) is 4.94. The van der Waals surface area contributed by atoms with Crippen LogP contribution in [0.5, 0.6) is 0 Å². The van der Waals surface area contributed by atoms with Crippen molar-refractivity contribution in [1.82, 2.24) is 19.0 Å². The molecule has 2 aromatic heterocycles. The van der Waals surface area contributed by atoms with Gasteiger partial charge in [-0.25, -0.2) is 9.78 Å². The molecule has 5 rings (SSSR count). The van der Waals surface area contributed by atoms with Crippen LogP contribution in [0.4, 0.5) is 0 Å². The molecule has 0 N–H and O–H groups in total. The summed E-state index contributed by atoms with van der Waals surface area (Å²) in [4.78, 5) is 31.5. The summed E-state index contributed by atoms with van der Waals surface area (Å²) in [6.07, 6.45) is 5.69. The molecule has 0 radical (unpaired) electrons. The van der Waals surface area contributed by atoms with Gasteiger partial charge >= 0.3 is 5.76 Å². The Balaban J connectivity index is 1.20. The van der Waals surface area contributed by atoms with Crippen molar-refractivity contribution in [1.29, 1.82) is 0 Å². The first-order valence-corrected chi connectivity index (χ1v) is 12.1. The zero-order chi connectivity index (χ0) is 23.7. The van der Waals surface area contributed by atoms with Crippen molar-refractivity contribution in [2.45, 2.75) is 38.3 Å². The second-order valence-corrected chi connectivity index (χ2v) is 9.39. The summed E-state index contributed by atoms with van der Waals surface area (Å²) < 4.78 is 8.89. The van der Waals surface area contributed by atoms with E-state index in [-0.39, 0.29) is 18.2 Å². The monoisotopic (exact) mass is 498 g/mol. The number of fused-ring (bicyclic) bond motifs is 1. The largest absolute Gasteiger partial charge is 0.419 e. The van der Waals surface area contributed by atoms with Crippen LogP contribution in [-0.4, -0.2) is 38.0 Å². The molecule has 1 saturated heterocycles. The van der Waals surface area contributed by atoms with Gasteiger partial charge in [0.2, 0.25) is 5.91 Å². The van der Waals surface area contributed by atoms with E-state index in [4.69, 9.17) is 27.6 Å². The van der Waals surface area contributed by atoms with Gasteiger partial charge in [-0.05, 0) is 48.7 Å². The van der Waals surface area contributed by atoms with Gasteiger partial charge in [-0.2, -0.15) is 0 Å². The standard InChI is InChI=1S/C25H24Cl2N4O3/c26-19-5-6-20(27)18(15-19)16-30-14-10-28-24(30)17-7-11-29(12-8-17)23(32)9-13-31-21-3-1-2-4-22(21)34-25(31)33/h1-6,10,14-15,17H,7-9,11-13,16H2. The number of carbonyl (C=O) groups excluding carboxylic acids is 1. The Morgan fingerprint density at radius 2 is 1.91 bits per heavy atom. The van der Waals surface area contributed by atoms with E-state index in [0.717, 1.165) is 24.2 Å². The first kappa shape index (κ1) is 22.7. The van der Waals surface area contributed by atoms with Gasteiger partial charge in [-0.1, -0.05) is 35.3 Å². The fraction of sp³-hybridized carbons (Fsp3) is 0.320. The Kier molecular flexibility index (Phi) is 6.48. The molecule has 0 spiro atoms. The molecule has 1 aliphatic heterocycles. The highest BCUT2D eigenvalue weighted by Gasteiger charge is 2.26. The minimum atomic E-state index is -0.431. The van der Waals surface area contributed by atoms with Crippen molar-refractivity contribution in [2.75, 3.05) is 13.1 Å². The van der Waals surface area contributed by atoms with E-state index >= 15 is 0 Å². The van der Waals surface area contributed by atoms with E-state index in [2.05, 4.69) is 9.55 Å². The lowest BCUT2D eigenvalue weighted by Crippen LogP contribution is -2.39. The van der Waals surface area contributed by atoms with Gasteiger partial charge in [-0.15, -0.1) is 0 Å². The molecule has 9 heteroatoms. The lowest BCUT2D eigenvalue weighted by Gasteiger charge is -2.32. The Morgan fingerprint density at radius 1 is 1.12 bits per heavy atom. The van der Waals surface area contributed by atoms with Crippen molar-refractivity contribution in [3.63, 3.8) is 0 Å². The number of amides is 1. The maximum absolute atomic E-state index is 12.8. The van der Waals surface area contributed by atoms with Crippen molar-refractivity contribution in [3.8, 4) is 0 Å². The number of piperidine rings is 1. The van der Waals surface area contributed by atoms with Gasteiger partial charge < -0.3 is 13.9 Å². The summed E-state index contributed by atoms with van der Waals surface area (Å²) >= 11 is 12.5. The lowest BCUT2D eigenvalue weighted by molar-refractivity contribution is -0.132. The molecule has 0 bridgehead atoms. The van der Waals surface area contributed by atoms with Gasteiger partial charge in [0.25, 0.3) is 0 Å². The molecule has 34 heavy (non-hydrogen) atoms. The van der Waals surface area contributed by atoms with Crippen molar-refractivity contribution >= 4 is 40.2 Å². The van der Waals surface area contributed by atoms with E-state index in [9.17, 15) is 9.59 Å². The minimum Gasteiger partial charge on any atom is -0.408 e. The molecule has 1 amide bonds. The first-order chi connectivity index (χ1) is 16.5. The smallest absolute Gasteiger partial charge is 0.408 e. The maximum atomic E-state index is 12.8. The number of aryl methyl sites for hydroxylation is 1. The summed E-state index contributed by atoms with van der Waals surface area (Å²) in [5.74, 6) is 0.876. The van der Waals surface area contributed by atoms with Crippen molar-refractivity contribution in [2.24, 2.45) is 0 Å². The fourth-order valence-corrected chi connectivity index (χ4v) is 5.01. The predicted molar refractivity (Wildman–Crippen MR) is 131 cm³/mol. The zero-order valence-electron chi connectivity index (χ0n) is 18.5. The Hall–Kier alpha value is -3.03. The van der Waals surface area contributed by atoms with Gasteiger partial charge in [0.15, 0.2) is 5.58 Å². The number of rotatable bonds is 6. The molecule has 4 aromatic rings. The molecular formula is C25H24Cl2N4O3. The van der Waals surface area contributed by atoms with Gasteiger partial charge in [0.1, 0.15) is 5.82 Å². The zero-order valence-corrected chi connectivity index (χ0v) is 20.0. The molecule has 176 valence electrons. The number of imidazole rings is 1. The number of benzene rings is 2. The third-order valence-corrected chi connectivity index (χ3v) is 7.04. The van der Waals surface area contributed by atoms with Gasteiger partial charge in [-0.3, -0.25) is 9.36 Å². The van der Waals surface area contributed by atoms with E-state index in [1.165, 1.54) is 4.57 Å². The topological polar surface area (TPSA) is 73.3 Å². The summed E-state index contributed by atoms with van der Waals surface area (Å²) in [5, 5.41) is 1.33. The van der Waals surface area contributed by atoms with Crippen LogP contribution in [0.25, 0.3) is 11.1 Å². The van der Waals surface area contributed by atoms with Crippen LogP contribution in [0.3, 0.4) is 0 Å². The second-order valence-electron chi connectivity index (χ2n) is 8.54. The second kappa shape index (κ2) is 9.68. The summed E-state index contributed by atoms with van der Waals surface area (Å²) in [6.45, 7) is 2.23. The van der Waals surface area contributed by atoms with Crippen LogP contribution in [-0.2, 0) is 17.9 Å². The lowest BCUT2D eigenvalue weighted by atomic mass is 9.95. The summed E-state index contributed by atoms with van der Waals surface area (Å²) in [6, 6.07) is 12.7. The average Bonchev–Trinajstić information content (AvgIpc) is 3.43. The number of oxazole rings is 1. The number of hydrogen-bond donors (Lipinski definition) is 0. The SMILES string of the molecule is O=C(CCn1c(=O)oc2ccccc21)N1CCC(c2nccn2Cc2cc(Cl)ccc2Cl)CC1. The van der Waals surface area contributed by atoms with Crippen LogP contribution in [0.1, 0.15) is 36.6 Å². The molecule has 2 aromatic carbocycles. The molecule has 1 aliphatic rings. The van der Waals surface area contributed by atoms with E-state index in [1.54, 1.807) is 24.4 Å². The normalized spacial score (nSPS) is 14.7. The minimum absolute atomic E-state index is 0.0460. The van der Waals surface area contributed by atoms with Crippen LogP contribution in [0.15, 0.2) is 64.1 Å². The maximum Gasteiger partial charge on any atom is 0.419 e. The van der Waals surface area contributed by atoms with E-state index in [0.29, 0.717) is 47.3 Å². The number of halogens is 2. The Morgan fingerprint density at radius 3 is 2.74 bits per heavy atom. The molecule has 0 unspecified atom stereocenters. The van der Waals surface area contributed by atoms with Crippen molar-refractivity contribution < 1.29 is 9.21 Å². The van der Waals surface area contributed by atoms with Crippen molar-refractivity contribution in [3.05, 3.63) is 86.8 Å². The fourth-order valence-electron chi connectivity index (χ4n) is 4.64. The van der Waals surface area contributed by atoms with Crippen LogP contribution in [0, 0.1) is 0 Å². The highest BCUT2D eigenvalue weighted by atomic mass is 35.5. The van der Waals surface area contributed by atoms with Crippen LogP contribution >= 0.6 is 23.2 Å². The highest BCUT2D eigenvalue weighted by molar-refractivity contribution is 6.33. The number of carbonyl (C=O) groups is 1. The number of hydrogen-bond acceptors (Lipinski definition) is 4. The molecule has 0 atom stereocenters. The molecule has 0 saturated carbocycles. The highest BCUT2D eigenvalue weighted by Crippen LogP contribution is 2.29. The molecular weight excluding hydrogens is 475 g/mol. The molecule has 7 nitrogen and oxygen atoms in total. The first-order valence-electron chi connectivity index (χ1n) is 11.3. The number of para-hydroxylation sites is 2. The van der Waals surface area contributed by atoms with Crippen LogP contribution in [0.2, 0.25) is 10.0 Å². The average molecular weight is 499 g/mol. The Bertz CT molecular complexity index is 1380. The summed E-state index contributed by atoms with van der Waals surface area (Å²) in [7, 11) is 0. The van der Waals surface area contributed by atoms with Crippen LogP contribution < -0.4 is 5.76 Å². The van der Waals surface area contributed by atoms with Gasteiger partial charge in [0.05, 0.1) is 12.1 Å². The number of likely N-dealkylation sites (tertiary alicyclic amines) is 1. The summed E-state index contributed by atoms with van der Waals surface area (Å²) in [5.41, 5.74) is 2.20. The molecule has 1 fully saturated rings. The van der Waals surface area contributed by atoms with E-state index < -0.39 is 5.76 Å². The third-order valence-electron chi connectivity index (χ3n) is 6.43. The third kappa shape index (κ3) is 4.63. The van der Waals surface area contributed by atoms with E-state index in [1.807, 2.05) is 35.4 Å². The molecule has 0 aliphatic carbocycles. The Labute approximate surface area is 206 Å². The molecule has 3 heterocycles. The number of aromatic nitrogens is 3. The quantitative estimate of drug-likeness (QED) is 0.377. The van der Waals surface area contributed by atoms with Gasteiger partial charge in [0, 0.05) is 54.4 Å².